The Kier molecular flexibility index (Phi) is 6.06. The van der Waals surface area contributed by atoms with E-state index in [-0.39, 0.29) is 22.4 Å². The van der Waals surface area contributed by atoms with Gasteiger partial charge in [0.1, 0.15) is 11.3 Å². The first-order chi connectivity index (χ1) is 15.8. The fourth-order valence-corrected chi connectivity index (χ4v) is 4.66. The Hall–Kier alpha value is -3.85. The number of rotatable bonds is 7. The van der Waals surface area contributed by atoms with Crippen LogP contribution < -0.4 is 15.1 Å². The summed E-state index contributed by atoms with van der Waals surface area (Å²) in [6, 6.07) is 14.9. The maximum atomic E-state index is 13.2. The number of H-pyrrole nitrogens is 1. The minimum absolute atomic E-state index is 0.0456. The van der Waals surface area contributed by atoms with Crippen LogP contribution in [0.15, 0.2) is 81.2 Å². The van der Waals surface area contributed by atoms with E-state index in [1.165, 1.54) is 42.0 Å². The first-order valence-corrected chi connectivity index (χ1v) is 11.8. The first kappa shape index (κ1) is 22.3. The summed E-state index contributed by atoms with van der Waals surface area (Å²) in [4.78, 5) is 28.4. The van der Waals surface area contributed by atoms with E-state index >= 15 is 0 Å². The maximum Gasteiger partial charge on any atom is 0.264 e. The number of pyridine rings is 1. The molecule has 4 rings (SSSR count). The van der Waals surface area contributed by atoms with Gasteiger partial charge in [0.15, 0.2) is 0 Å². The van der Waals surface area contributed by atoms with Gasteiger partial charge < -0.3 is 14.7 Å². The van der Waals surface area contributed by atoms with Crippen LogP contribution in [0.4, 0.5) is 5.69 Å². The molecule has 0 bridgehead atoms. The van der Waals surface area contributed by atoms with Gasteiger partial charge in [-0.1, -0.05) is 19.1 Å². The quantitative estimate of drug-likeness (QED) is 0.434. The Morgan fingerprint density at radius 1 is 1.12 bits per heavy atom. The van der Waals surface area contributed by atoms with Gasteiger partial charge in [0.05, 0.1) is 23.4 Å². The number of anilines is 1. The molecule has 0 aliphatic carbocycles. The van der Waals surface area contributed by atoms with Crippen LogP contribution >= 0.6 is 0 Å². The summed E-state index contributed by atoms with van der Waals surface area (Å²) in [5.41, 5.74) is 1.35. The molecule has 0 fully saturated rings. The molecule has 0 aliphatic heterocycles. The molecule has 8 nitrogen and oxygen atoms in total. The van der Waals surface area contributed by atoms with E-state index in [9.17, 15) is 18.0 Å². The number of aromatic amines is 1. The topological polar surface area (TPSA) is 112 Å². The highest BCUT2D eigenvalue weighted by atomic mass is 32.2. The molecule has 0 saturated heterocycles. The van der Waals surface area contributed by atoms with Crippen LogP contribution in [0, 0.1) is 0 Å². The van der Waals surface area contributed by atoms with Crippen LogP contribution in [0.3, 0.4) is 0 Å². The van der Waals surface area contributed by atoms with Crippen molar-refractivity contribution in [3.05, 3.63) is 94.2 Å². The van der Waals surface area contributed by atoms with Gasteiger partial charge in [-0.2, -0.15) is 0 Å². The molecule has 0 unspecified atom stereocenters. The SMILES string of the molecule is CCc1ccc(N(C)S(=O)(=O)c2ccc3[nH]cc(C(=O)NCc4ccco4)c(=O)c3c2)cc1. The number of sulfonamides is 1. The zero-order chi connectivity index (χ0) is 23.6. The molecule has 0 aliphatic rings. The van der Waals surface area contributed by atoms with Gasteiger partial charge in [0, 0.05) is 24.1 Å². The van der Waals surface area contributed by atoms with Gasteiger partial charge >= 0.3 is 0 Å². The number of hydrogen-bond acceptors (Lipinski definition) is 5. The number of nitrogens with one attached hydrogen (secondary N) is 2. The third kappa shape index (κ3) is 4.40. The van der Waals surface area contributed by atoms with Crippen LogP contribution in [0.1, 0.15) is 28.6 Å². The molecule has 0 atom stereocenters. The zero-order valence-electron chi connectivity index (χ0n) is 18.2. The van der Waals surface area contributed by atoms with Crippen LogP contribution in [-0.2, 0) is 23.0 Å². The molecule has 2 heterocycles. The number of carbonyl (C=O) groups excluding carboxylic acids is 1. The second-order valence-electron chi connectivity index (χ2n) is 7.49. The Balaban J connectivity index is 1.66. The molecular weight excluding hydrogens is 442 g/mol. The molecule has 170 valence electrons. The number of benzene rings is 2. The van der Waals surface area contributed by atoms with Gasteiger partial charge in [-0.3, -0.25) is 13.9 Å². The van der Waals surface area contributed by atoms with Crippen molar-refractivity contribution in [1.29, 1.82) is 0 Å². The highest BCUT2D eigenvalue weighted by Gasteiger charge is 2.23. The van der Waals surface area contributed by atoms with E-state index in [4.69, 9.17) is 4.42 Å². The lowest BCUT2D eigenvalue weighted by Crippen LogP contribution is -2.29. The summed E-state index contributed by atoms with van der Waals surface area (Å²) in [6.45, 7) is 2.15. The normalized spacial score (nSPS) is 11.5. The number of furan rings is 1. The predicted molar refractivity (Wildman–Crippen MR) is 126 cm³/mol. The standard InChI is InChI=1S/C24H23N3O5S/c1-3-16-6-8-17(9-7-16)27(2)33(30,31)19-10-11-22-20(13-19)23(28)21(15-25-22)24(29)26-14-18-5-4-12-32-18/h4-13,15H,3,14H2,1-2H3,(H,25,28)(H,26,29). The highest BCUT2D eigenvalue weighted by molar-refractivity contribution is 7.92. The molecule has 0 spiro atoms. The van der Waals surface area contributed by atoms with Crippen molar-refractivity contribution in [2.45, 2.75) is 24.8 Å². The average Bonchev–Trinajstić information content (AvgIpc) is 3.36. The van der Waals surface area contributed by atoms with Crippen LogP contribution in [0.5, 0.6) is 0 Å². The minimum Gasteiger partial charge on any atom is -0.467 e. The number of amides is 1. The molecule has 0 radical (unpaired) electrons. The van der Waals surface area contributed by atoms with Gasteiger partial charge in [-0.25, -0.2) is 8.42 Å². The summed E-state index contributed by atoms with van der Waals surface area (Å²) >= 11 is 0. The Bertz CT molecular complexity index is 1460. The Morgan fingerprint density at radius 3 is 2.55 bits per heavy atom. The van der Waals surface area contributed by atoms with Crippen molar-refractivity contribution < 1.29 is 17.6 Å². The number of aromatic nitrogens is 1. The Labute approximate surface area is 190 Å². The zero-order valence-corrected chi connectivity index (χ0v) is 19.0. The van der Waals surface area contributed by atoms with E-state index in [1.807, 2.05) is 19.1 Å². The average molecular weight is 466 g/mol. The van der Waals surface area contributed by atoms with Crippen LogP contribution in [-0.4, -0.2) is 26.4 Å². The van der Waals surface area contributed by atoms with Gasteiger partial charge in [-0.15, -0.1) is 0 Å². The summed E-state index contributed by atoms with van der Waals surface area (Å²) in [5, 5.41) is 2.73. The summed E-state index contributed by atoms with van der Waals surface area (Å²) in [7, 11) is -2.46. The molecule has 4 aromatic rings. The molecule has 33 heavy (non-hydrogen) atoms. The van der Waals surface area contributed by atoms with Gasteiger partial charge in [-0.05, 0) is 54.4 Å². The molecule has 0 saturated carbocycles. The second kappa shape index (κ2) is 8.95. The maximum absolute atomic E-state index is 13.2. The van der Waals surface area contributed by atoms with E-state index in [0.29, 0.717) is 17.0 Å². The second-order valence-corrected chi connectivity index (χ2v) is 9.46. The molecule has 2 aromatic heterocycles. The largest absolute Gasteiger partial charge is 0.467 e. The van der Waals surface area contributed by atoms with E-state index < -0.39 is 21.4 Å². The smallest absolute Gasteiger partial charge is 0.264 e. The monoisotopic (exact) mass is 465 g/mol. The number of aryl methyl sites for hydroxylation is 1. The molecular formula is C24H23N3O5S. The highest BCUT2D eigenvalue weighted by Crippen LogP contribution is 2.24. The Morgan fingerprint density at radius 2 is 1.88 bits per heavy atom. The van der Waals surface area contributed by atoms with Crippen molar-refractivity contribution in [1.82, 2.24) is 10.3 Å². The molecule has 2 aromatic carbocycles. The van der Waals surface area contributed by atoms with Crippen molar-refractivity contribution in [3.8, 4) is 0 Å². The summed E-state index contributed by atoms with van der Waals surface area (Å²) in [5.74, 6) is -0.0418. The lowest BCUT2D eigenvalue weighted by Gasteiger charge is -2.20. The summed E-state index contributed by atoms with van der Waals surface area (Å²) < 4.78 is 32.8. The van der Waals surface area contributed by atoms with E-state index in [0.717, 1.165) is 12.0 Å². The number of nitrogens with zero attached hydrogens (tertiary/aromatic N) is 1. The predicted octanol–water partition coefficient (Wildman–Crippen LogP) is 3.44. The van der Waals surface area contributed by atoms with Crippen molar-refractivity contribution in [2.75, 3.05) is 11.4 Å². The van der Waals surface area contributed by atoms with Crippen LogP contribution in [0.25, 0.3) is 10.9 Å². The van der Waals surface area contributed by atoms with Gasteiger partial charge in [0.2, 0.25) is 5.43 Å². The fraction of sp³-hybridized carbons (Fsp3) is 0.167. The molecule has 2 N–H and O–H groups in total. The molecule has 1 amide bonds. The number of fused-ring (bicyclic) bond motifs is 1. The number of carbonyl (C=O) groups is 1. The molecule has 9 heteroatoms. The van der Waals surface area contributed by atoms with E-state index in [1.54, 1.807) is 24.3 Å². The first-order valence-electron chi connectivity index (χ1n) is 10.3. The lowest BCUT2D eigenvalue weighted by molar-refractivity contribution is 0.0947. The minimum atomic E-state index is -3.93. The van der Waals surface area contributed by atoms with Crippen LogP contribution in [0.2, 0.25) is 0 Å². The fourth-order valence-electron chi connectivity index (χ4n) is 3.44. The third-order valence-corrected chi connectivity index (χ3v) is 7.25. The van der Waals surface area contributed by atoms with Crippen molar-refractivity contribution >= 4 is 32.5 Å². The van der Waals surface area contributed by atoms with Crippen molar-refractivity contribution in [3.63, 3.8) is 0 Å². The van der Waals surface area contributed by atoms with Crippen molar-refractivity contribution in [2.24, 2.45) is 0 Å². The number of hydrogen-bond donors (Lipinski definition) is 2. The lowest BCUT2D eigenvalue weighted by atomic mass is 10.1. The third-order valence-electron chi connectivity index (χ3n) is 5.47. The van der Waals surface area contributed by atoms with E-state index in [2.05, 4.69) is 10.3 Å². The summed E-state index contributed by atoms with van der Waals surface area (Å²) in [6.07, 6.45) is 3.65. The van der Waals surface area contributed by atoms with Gasteiger partial charge in [0.25, 0.3) is 15.9 Å².